The topological polar surface area (TPSA) is 68.1 Å². The number of para-hydroxylation sites is 1. The summed E-state index contributed by atoms with van der Waals surface area (Å²) in [6.07, 6.45) is 3.98. The van der Waals surface area contributed by atoms with Crippen LogP contribution in [0, 0.1) is 6.92 Å². The maximum absolute atomic E-state index is 13.3. The number of aromatic nitrogens is 3. The molecular weight excluding hydrogens is 404 g/mol. The third kappa shape index (κ3) is 2.98. The second-order valence-electron chi connectivity index (χ2n) is 7.36. The molecule has 1 aromatic carbocycles. The molecule has 0 spiro atoms. The van der Waals surface area contributed by atoms with Crippen LogP contribution < -0.4 is 10.5 Å². The van der Waals surface area contributed by atoms with Gasteiger partial charge in [-0.2, -0.15) is 0 Å². The Balaban J connectivity index is 1.59. The monoisotopic (exact) mass is 424 g/mol. The van der Waals surface area contributed by atoms with Crippen LogP contribution in [-0.4, -0.2) is 27.5 Å². The molecule has 0 radical (unpaired) electrons. The van der Waals surface area contributed by atoms with E-state index >= 15 is 0 Å². The Labute approximate surface area is 175 Å². The lowest BCUT2D eigenvalue weighted by Crippen LogP contribution is -2.26. The third-order valence-corrected chi connectivity index (χ3v) is 7.77. The van der Waals surface area contributed by atoms with Gasteiger partial charge in [-0.05, 0) is 37.5 Å². The molecule has 6 nitrogen and oxygen atoms in total. The fraction of sp³-hybridized carbons (Fsp3) is 0.333. The van der Waals surface area contributed by atoms with Crippen molar-refractivity contribution in [1.82, 2.24) is 14.5 Å². The third-order valence-electron chi connectivity index (χ3n) is 5.48. The number of benzene rings is 1. The fourth-order valence-corrected chi connectivity index (χ4v) is 5.95. The minimum absolute atomic E-state index is 0.0117. The van der Waals surface area contributed by atoms with Gasteiger partial charge >= 0.3 is 0 Å². The van der Waals surface area contributed by atoms with Crippen LogP contribution in [0.2, 0.25) is 0 Å². The van der Waals surface area contributed by atoms with Gasteiger partial charge in [-0.25, -0.2) is 9.97 Å². The maximum Gasteiger partial charge on any atom is 0.270 e. The molecule has 0 bridgehead atoms. The van der Waals surface area contributed by atoms with Gasteiger partial charge in [-0.15, -0.1) is 11.3 Å². The minimum Gasteiger partial charge on any atom is -0.296 e. The van der Waals surface area contributed by atoms with Crippen LogP contribution in [0.1, 0.15) is 40.3 Å². The number of carbonyl (C=O) groups excluding carboxylic acids is 1. The van der Waals surface area contributed by atoms with E-state index in [-0.39, 0.29) is 11.5 Å². The van der Waals surface area contributed by atoms with E-state index in [0.29, 0.717) is 26.8 Å². The van der Waals surface area contributed by atoms with E-state index in [2.05, 4.69) is 4.98 Å². The van der Waals surface area contributed by atoms with Crippen LogP contribution in [0.5, 0.6) is 0 Å². The van der Waals surface area contributed by atoms with E-state index in [1.54, 1.807) is 16.5 Å². The molecule has 1 aliphatic heterocycles. The number of hydrogen-bond acceptors (Lipinski definition) is 6. The highest BCUT2D eigenvalue weighted by Crippen LogP contribution is 2.33. The molecule has 1 amide bonds. The zero-order valence-electron chi connectivity index (χ0n) is 16.3. The smallest absolute Gasteiger partial charge is 0.270 e. The first-order valence-corrected chi connectivity index (χ1v) is 11.3. The van der Waals surface area contributed by atoms with Gasteiger partial charge < -0.3 is 0 Å². The summed E-state index contributed by atoms with van der Waals surface area (Å²) in [5, 5.41) is 1.23. The molecule has 0 N–H and O–H groups in total. The normalized spacial score (nSPS) is 14.1. The Morgan fingerprint density at radius 3 is 2.79 bits per heavy atom. The maximum atomic E-state index is 13.3. The molecule has 5 rings (SSSR count). The Bertz CT molecular complexity index is 1280. The summed E-state index contributed by atoms with van der Waals surface area (Å²) in [4.78, 5) is 38.6. The molecule has 0 atom stereocenters. The molecule has 0 saturated heterocycles. The van der Waals surface area contributed by atoms with Crippen LogP contribution in [0.25, 0.3) is 20.4 Å². The van der Waals surface area contributed by atoms with Crippen molar-refractivity contribution in [2.24, 2.45) is 0 Å². The Kier molecular flexibility index (Phi) is 4.48. The van der Waals surface area contributed by atoms with Gasteiger partial charge in [0, 0.05) is 20.0 Å². The molecule has 1 aliphatic rings. The summed E-state index contributed by atoms with van der Waals surface area (Å²) < 4.78 is 2.85. The summed E-state index contributed by atoms with van der Waals surface area (Å²) in [6.45, 7) is 2.56. The number of hydrogen-bond donors (Lipinski definition) is 0. The SMILES string of the molecule is Cc1c(C(=O)N(C)c2nc3ccccc3s2)sc2nc3n(c(=O)c12)CCCCC3. The number of thiophene rings is 1. The molecule has 3 aromatic heterocycles. The lowest BCUT2D eigenvalue weighted by atomic mass is 10.2. The number of nitrogens with zero attached hydrogens (tertiary/aromatic N) is 4. The summed E-state index contributed by atoms with van der Waals surface area (Å²) in [5.41, 5.74) is 1.59. The quantitative estimate of drug-likeness (QED) is 0.479. The molecule has 29 heavy (non-hydrogen) atoms. The van der Waals surface area contributed by atoms with Crippen molar-refractivity contribution in [2.75, 3.05) is 11.9 Å². The molecule has 0 saturated carbocycles. The van der Waals surface area contributed by atoms with Gasteiger partial charge in [0.25, 0.3) is 11.5 Å². The molecule has 4 aromatic rings. The van der Waals surface area contributed by atoms with E-state index in [1.807, 2.05) is 31.2 Å². The van der Waals surface area contributed by atoms with E-state index in [4.69, 9.17) is 4.98 Å². The van der Waals surface area contributed by atoms with E-state index in [1.165, 1.54) is 22.7 Å². The second-order valence-corrected chi connectivity index (χ2v) is 9.37. The molecule has 0 aliphatic carbocycles. The molecule has 148 valence electrons. The molecule has 4 heterocycles. The van der Waals surface area contributed by atoms with Crippen LogP contribution in [0.3, 0.4) is 0 Å². The number of amides is 1. The average Bonchev–Trinajstić information content (AvgIpc) is 3.20. The first-order chi connectivity index (χ1) is 14.0. The number of anilines is 1. The van der Waals surface area contributed by atoms with E-state index in [0.717, 1.165) is 47.3 Å². The van der Waals surface area contributed by atoms with Crippen LogP contribution in [-0.2, 0) is 13.0 Å². The molecular formula is C21H20N4O2S2. The van der Waals surface area contributed by atoms with E-state index in [9.17, 15) is 9.59 Å². The van der Waals surface area contributed by atoms with Gasteiger partial charge in [0.1, 0.15) is 10.7 Å². The zero-order chi connectivity index (χ0) is 20.1. The van der Waals surface area contributed by atoms with Gasteiger partial charge in [0.2, 0.25) is 0 Å². The summed E-state index contributed by atoms with van der Waals surface area (Å²) >= 11 is 2.80. The Morgan fingerprint density at radius 2 is 1.97 bits per heavy atom. The second kappa shape index (κ2) is 7.03. The van der Waals surface area contributed by atoms with Crippen molar-refractivity contribution in [3.05, 3.63) is 50.9 Å². The Hall–Kier alpha value is -2.58. The van der Waals surface area contributed by atoms with Crippen molar-refractivity contribution < 1.29 is 4.79 Å². The van der Waals surface area contributed by atoms with Crippen molar-refractivity contribution in [1.29, 1.82) is 0 Å². The highest BCUT2D eigenvalue weighted by molar-refractivity contribution is 7.23. The molecule has 8 heteroatoms. The highest BCUT2D eigenvalue weighted by atomic mass is 32.1. The van der Waals surface area contributed by atoms with Gasteiger partial charge in [0.15, 0.2) is 5.13 Å². The van der Waals surface area contributed by atoms with Gasteiger partial charge in [-0.1, -0.05) is 29.9 Å². The number of thiazole rings is 1. The summed E-state index contributed by atoms with van der Waals surface area (Å²) in [7, 11) is 1.74. The van der Waals surface area contributed by atoms with Crippen molar-refractivity contribution in [2.45, 2.75) is 39.2 Å². The zero-order valence-corrected chi connectivity index (χ0v) is 17.9. The van der Waals surface area contributed by atoms with Crippen LogP contribution >= 0.6 is 22.7 Å². The van der Waals surface area contributed by atoms with Gasteiger partial charge in [-0.3, -0.25) is 19.1 Å². The largest absolute Gasteiger partial charge is 0.296 e. The highest BCUT2D eigenvalue weighted by Gasteiger charge is 2.25. The van der Waals surface area contributed by atoms with Crippen LogP contribution in [0.15, 0.2) is 29.1 Å². The van der Waals surface area contributed by atoms with E-state index < -0.39 is 0 Å². The minimum atomic E-state index is -0.149. The average molecular weight is 425 g/mol. The lowest BCUT2D eigenvalue weighted by Gasteiger charge is -2.12. The fourth-order valence-electron chi connectivity index (χ4n) is 3.86. The lowest BCUT2D eigenvalue weighted by molar-refractivity contribution is 0.0996. The standard InChI is InChI=1S/C21H20N4O2S2/c1-12-16-18(23-15-10-4-3-7-11-25(15)19(16)26)29-17(12)20(27)24(2)21-22-13-8-5-6-9-14(13)28-21/h5-6,8-9H,3-4,7,10-11H2,1-2H3. The molecule has 0 fully saturated rings. The summed E-state index contributed by atoms with van der Waals surface area (Å²) in [5.74, 6) is 0.698. The first-order valence-electron chi connectivity index (χ1n) is 9.71. The number of fused-ring (bicyclic) bond motifs is 3. The molecule has 0 unspecified atom stereocenters. The van der Waals surface area contributed by atoms with Crippen molar-refractivity contribution >= 4 is 54.1 Å². The van der Waals surface area contributed by atoms with Crippen molar-refractivity contribution in [3.8, 4) is 0 Å². The summed E-state index contributed by atoms with van der Waals surface area (Å²) in [6, 6.07) is 7.84. The predicted molar refractivity (Wildman–Crippen MR) is 119 cm³/mol. The predicted octanol–water partition coefficient (Wildman–Crippen LogP) is 4.38. The number of aryl methyl sites for hydroxylation is 2. The number of rotatable bonds is 2. The number of carbonyl (C=O) groups is 1. The first kappa shape index (κ1) is 18.4. The Morgan fingerprint density at radius 1 is 1.14 bits per heavy atom. The van der Waals surface area contributed by atoms with Crippen molar-refractivity contribution in [3.63, 3.8) is 0 Å². The van der Waals surface area contributed by atoms with Crippen LogP contribution in [0.4, 0.5) is 5.13 Å². The van der Waals surface area contributed by atoms with Gasteiger partial charge in [0.05, 0.1) is 20.5 Å².